The summed E-state index contributed by atoms with van der Waals surface area (Å²) in [5.74, 6) is 0.178. The Morgan fingerprint density at radius 2 is 1.34 bits per heavy atom. The van der Waals surface area contributed by atoms with E-state index >= 15 is 0 Å². The van der Waals surface area contributed by atoms with Gasteiger partial charge in [0, 0.05) is 22.6 Å². The van der Waals surface area contributed by atoms with Gasteiger partial charge >= 0.3 is 11.9 Å². The second-order valence-corrected chi connectivity index (χ2v) is 7.69. The highest BCUT2D eigenvalue weighted by Crippen LogP contribution is 2.26. The minimum atomic E-state index is -0.532. The molecule has 0 fully saturated rings. The molecule has 0 aromatic heterocycles. The summed E-state index contributed by atoms with van der Waals surface area (Å²) < 4.78 is 15.6. The third-order valence-electron chi connectivity index (χ3n) is 4.23. The van der Waals surface area contributed by atoms with Crippen LogP contribution in [0.4, 0.5) is 0 Å². The Balaban J connectivity index is 1.68. The number of ether oxygens (including phenoxy) is 3. The van der Waals surface area contributed by atoms with Crippen LogP contribution < -0.4 is 9.47 Å². The van der Waals surface area contributed by atoms with E-state index in [-0.39, 0.29) is 5.12 Å². The standard InChI is InChI=1S/C25H26O6S/c1-3-23(26)30-18-8-6-5-7-17-29-20-11-9-19(10-12-20)25(28)32-22-15-13-21(14-16-22)31-24(27)4-2/h3-4,9-16H,1-2,5-8,17-18H2. The van der Waals surface area contributed by atoms with Crippen molar-refractivity contribution in [3.05, 3.63) is 79.4 Å². The number of thioether (sulfide) groups is 1. The number of rotatable bonds is 13. The van der Waals surface area contributed by atoms with Crippen LogP contribution >= 0.6 is 11.8 Å². The molecule has 32 heavy (non-hydrogen) atoms. The van der Waals surface area contributed by atoms with Gasteiger partial charge in [-0.2, -0.15) is 0 Å². The van der Waals surface area contributed by atoms with Gasteiger partial charge in [0.1, 0.15) is 11.5 Å². The highest BCUT2D eigenvalue weighted by molar-refractivity contribution is 8.14. The number of carbonyl (C=O) groups excluding carboxylic acids is 3. The molecule has 0 saturated heterocycles. The normalized spacial score (nSPS) is 10.1. The molecule has 0 unspecified atom stereocenters. The first kappa shape index (κ1) is 24.9. The minimum absolute atomic E-state index is 0.0930. The Morgan fingerprint density at radius 1 is 0.750 bits per heavy atom. The third-order valence-corrected chi connectivity index (χ3v) is 5.16. The van der Waals surface area contributed by atoms with E-state index < -0.39 is 11.9 Å². The predicted molar refractivity (Wildman–Crippen MR) is 124 cm³/mol. The van der Waals surface area contributed by atoms with Gasteiger partial charge in [0.15, 0.2) is 0 Å². The summed E-state index contributed by atoms with van der Waals surface area (Å²) in [6.45, 7) is 7.68. The molecule has 0 saturated carbocycles. The molecule has 0 spiro atoms. The predicted octanol–water partition coefficient (Wildman–Crippen LogP) is 5.38. The number of hydrogen-bond donors (Lipinski definition) is 0. The van der Waals surface area contributed by atoms with E-state index in [4.69, 9.17) is 14.2 Å². The zero-order chi connectivity index (χ0) is 23.2. The smallest absolute Gasteiger partial charge is 0.335 e. The second-order valence-electron chi connectivity index (χ2n) is 6.64. The van der Waals surface area contributed by atoms with E-state index in [0.717, 1.165) is 54.5 Å². The lowest BCUT2D eigenvalue weighted by molar-refractivity contribution is -0.137. The van der Waals surface area contributed by atoms with E-state index in [1.54, 1.807) is 48.5 Å². The van der Waals surface area contributed by atoms with Gasteiger partial charge in [-0.3, -0.25) is 4.79 Å². The molecule has 0 bridgehead atoms. The maximum absolute atomic E-state index is 12.5. The molecule has 2 aromatic carbocycles. The highest BCUT2D eigenvalue weighted by atomic mass is 32.2. The summed E-state index contributed by atoms with van der Waals surface area (Å²) in [6.07, 6.45) is 5.89. The summed E-state index contributed by atoms with van der Waals surface area (Å²) in [5.41, 5.74) is 0.568. The molecule has 0 amide bonds. The highest BCUT2D eigenvalue weighted by Gasteiger charge is 2.09. The van der Waals surface area contributed by atoms with E-state index in [0.29, 0.717) is 30.3 Å². The molecule has 0 radical (unpaired) electrons. The molecule has 0 N–H and O–H groups in total. The zero-order valence-corrected chi connectivity index (χ0v) is 18.6. The van der Waals surface area contributed by atoms with Crippen LogP contribution in [-0.2, 0) is 14.3 Å². The first-order valence-corrected chi connectivity index (χ1v) is 11.0. The van der Waals surface area contributed by atoms with Crippen LogP contribution in [0.15, 0.2) is 78.7 Å². The fourth-order valence-corrected chi connectivity index (χ4v) is 3.31. The van der Waals surface area contributed by atoms with Gasteiger partial charge in [-0.1, -0.05) is 13.2 Å². The van der Waals surface area contributed by atoms with Gasteiger partial charge in [0.25, 0.3) is 0 Å². The molecular weight excluding hydrogens is 428 g/mol. The molecule has 0 heterocycles. The molecule has 2 aromatic rings. The van der Waals surface area contributed by atoms with Crippen LogP contribution in [-0.4, -0.2) is 30.3 Å². The molecule has 0 aliphatic heterocycles. The van der Waals surface area contributed by atoms with Crippen molar-refractivity contribution in [1.29, 1.82) is 0 Å². The van der Waals surface area contributed by atoms with Crippen molar-refractivity contribution < 1.29 is 28.6 Å². The van der Waals surface area contributed by atoms with Gasteiger partial charge in [-0.25, -0.2) is 9.59 Å². The van der Waals surface area contributed by atoms with E-state index in [2.05, 4.69) is 13.2 Å². The number of benzene rings is 2. The number of esters is 2. The topological polar surface area (TPSA) is 78.9 Å². The summed E-state index contributed by atoms with van der Waals surface area (Å²) in [6, 6.07) is 13.7. The Hall–Kier alpha value is -3.32. The number of carbonyl (C=O) groups is 3. The summed E-state index contributed by atoms with van der Waals surface area (Å²) in [5, 5.41) is -0.0930. The summed E-state index contributed by atoms with van der Waals surface area (Å²) in [7, 11) is 0. The Morgan fingerprint density at radius 3 is 1.97 bits per heavy atom. The maximum atomic E-state index is 12.5. The van der Waals surface area contributed by atoms with Gasteiger partial charge in [-0.15, -0.1) is 0 Å². The summed E-state index contributed by atoms with van der Waals surface area (Å²) >= 11 is 1.09. The lowest BCUT2D eigenvalue weighted by Gasteiger charge is -2.07. The van der Waals surface area contributed by atoms with Crippen molar-refractivity contribution in [1.82, 2.24) is 0 Å². The molecule has 0 atom stereocenters. The maximum Gasteiger partial charge on any atom is 0.335 e. The lowest BCUT2D eigenvalue weighted by atomic mass is 10.2. The molecule has 2 rings (SSSR count). The van der Waals surface area contributed by atoms with Crippen molar-refractivity contribution >= 4 is 28.8 Å². The van der Waals surface area contributed by atoms with Gasteiger partial charge in [-0.05, 0) is 86.0 Å². The van der Waals surface area contributed by atoms with Crippen LogP contribution in [0.25, 0.3) is 0 Å². The molecule has 0 aliphatic carbocycles. The van der Waals surface area contributed by atoms with Crippen LogP contribution in [0.1, 0.15) is 36.0 Å². The quantitative estimate of drug-likeness (QED) is 0.132. The van der Waals surface area contributed by atoms with Gasteiger partial charge < -0.3 is 14.2 Å². The third kappa shape index (κ3) is 9.22. The SMILES string of the molecule is C=CC(=O)OCCCCCCOc1ccc(C(=O)Sc2ccc(OC(=O)C=C)cc2)cc1. The van der Waals surface area contributed by atoms with Gasteiger partial charge in [0.05, 0.1) is 13.2 Å². The van der Waals surface area contributed by atoms with Crippen molar-refractivity contribution in [2.75, 3.05) is 13.2 Å². The fraction of sp³-hybridized carbons (Fsp3) is 0.240. The Kier molecular flexibility index (Phi) is 10.8. The minimum Gasteiger partial charge on any atom is -0.494 e. The Labute approximate surface area is 192 Å². The second kappa shape index (κ2) is 13.9. The average Bonchev–Trinajstić information content (AvgIpc) is 2.82. The van der Waals surface area contributed by atoms with Crippen molar-refractivity contribution in [3.63, 3.8) is 0 Å². The largest absolute Gasteiger partial charge is 0.494 e. The zero-order valence-electron chi connectivity index (χ0n) is 17.8. The summed E-state index contributed by atoms with van der Waals surface area (Å²) in [4.78, 5) is 35.3. The van der Waals surface area contributed by atoms with E-state index in [9.17, 15) is 14.4 Å². The Bertz CT molecular complexity index is 918. The number of unbranched alkanes of at least 4 members (excludes halogenated alkanes) is 3. The first-order valence-electron chi connectivity index (χ1n) is 10.2. The van der Waals surface area contributed by atoms with E-state index in [1.165, 1.54) is 0 Å². The molecular formula is C25H26O6S. The lowest BCUT2D eigenvalue weighted by Crippen LogP contribution is -2.02. The van der Waals surface area contributed by atoms with Crippen LogP contribution in [0.5, 0.6) is 11.5 Å². The van der Waals surface area contributed by atoms with Crippen LogP contribution in [0.3, 0.4) is 0 Å². The van der Waals surface area contributed by atoms with E-state index in [1.807, 2.05) is 0 Å². The molecule has 0 aliphatic rings. The first-order chi connectivity index (χ1) is 15.5. The van der Waals surface area contributed by atoms with Crippen LogP contribution in [0, 0.1) is 0 Å². The van der Waals surface area contributed by atoms with Crippen LogP contribution in [0.2, 0.25) is 0 Å². The van der Waals surface area contributed by atoms with Gasteiger partial charge in [0.2, 0.25) is 5.12 Å². The fourth-order valence-electron chi connectivity index (χ4n) is 2.57. The number of hydrogen-bond acceptors (Lipinski definition) is 7. The van der Waals surface area contributed by atoms with Crippen molar-refractivity contribution in [2.45, 2.75) is 30.6 Å². The molecule has 168 valence electrons. The average molecular weight is 455 g/mol. The van der Waals surface area contributed by atoms with Crippen molar-refractivity contribution in [2.24, 2.45) is 0 Å². The van der Waals surface area contributed by atoms with Crippen molar-refractivity contribution in [3.8, 4) is 11.5 Å². The monoisotopic (exact) mass is 454 g/mol. The molecule has 6 nitrogen and oxygen atoms in total. The molecule has 7 heteroatoms.